The van der Waals surface area contributed by atoms with Gasteiger partial charge in [0.1, 0.15) is 12.0 Å². The lowest BCUT2D eigenvalue weighted by Crippen LogP contribution is -2.54. The van der Waals surface area contributed by atoms with Crippen molar-refractivity contribution in [2.45, 2.75) is 13.1 Å². The van der Waals surface area contributed by atoms with Crippen LogP contribution in [0, 0.1) is 0 Å². The fourth-order valence-electron chi connectivity index (χ4n) is 0.750. The third-order valence-electron chi connectivity index (χ3n) is 1.35. The first-order valence-electron chi connectivity index (χ1n) is 2.93. The zero-order valence-corrected chi connectivity index (χ0v) is 5.66. The molecule has 10 heavy (non-hydrogen) atoms. The summed E-state index contributed by atoms with van der Waals surface area (Å²) < 4.78 is 0. The highest BCUT2D eigenvalue weighted by Crippen LogP contribution is 2.00. The van der Waals surface area contributed by atoms with E-state index in [2.05, 4.69) is 5.32 Å². The fourth-order valence-corrected chi connectivity index (χ4v) is 0.750. The molecule has 1 atom stereocenters. The highest BCUT2D eigenvalue weighted by Gasteiger charge is 2.18. The standard InChI is InChI=1S/C5H10N4O/c1-3-8-5(10)2-4(6)9(3)7/h2-3H,6-7H2,1H3,(H,8,10). The molecule has 1 aliphatic rings. The summed E-state index contributed by atoms with van der Waals surface area (Å²) >= 11 is 0. The van der Waals surface area contributed by atoms with E-state index in [1.54, 1.807) is 6.92 Å². The van der Waals surface area contributed by atoms with E-state index < -0.39 is 0 Å². The van der Waals surface area contributed by atoms with E-state index in [4.69, 9.17) is 11.6 Å². The van der Waals surface area contributed by atoms with Gasteiger partial charge in [-0.1, -0.05) is 0 Å². The number of amides is 1. The number of carbonyl (C=O) groups excluding carboxylic acids is 1. The quantitative estimate of drug-likeness (QED) is 0.357. The van der Waals surface area contributed by atoms with Crippen molar-refractivity contribution < 1.29 is 4.79 Å². The molecule has 1 amide bonds. The fraction of sp³-hybridized carbons (Fsp3) is 0.400. The molecule has 1 unspecified atom stereocenters. The van der Waals surface area contributed by atoms with Crippen LogP contribution >= 0.6 is 0 Å². The van der Waals surface area contributed by atoms with E-state index in [1.807, 2.05) is 0 Å². The summed E-state index contributed by atoms with van der Waals surface area (Å²) in [4.78, 5) is 10.7. The summed E-state index contributed by atoms with van der Waals surface area (Å²) in [6.45, 7) is 1.75. The largest absolute Gasteiger partial charge is 0.384 e. The van der Waals surface area contributed by atoms with Crippen LogP contribution in [0.1, 0.15) is 6.92 Å². The van der Waals surface area contributed by atoms with Gasteiger partial charge >= 0.3 is 0 Å². The van der Waals surface area contributed by atoms with Crippen molar-refractivity contribution >= 4 is 5.91 Å². The van der Waals surface area contributed by atoms with Crippen molar-refractivity contribution in [2.75, 3.05) is 0 Å². The van der Waals surface area contributed by atoms with Crippen LogP contribution in [0.3, 0.4) is 0 Å². The Balaban J connectivity index is 2.80. The van der Waals surface area contributed by atoms with Gasteiger partial charge in [0.05, 0.1) is 0 Å². The predicted octanol–water partition coefficient (Wildman–Crippen LogP) is -1.56. The van der Waals surface area contributed by atoms with Crippen LogP contribution in [-0.2, 0) is 4.79 Å². The number of hydrogen-bond donors (Lipinski definition) is 3. The first-order valence-corrected chi connectivity index (χ1v) is 2.93. The molecule has 0 fully saturated rings. The van der Waals surface area contributed by atoms with Gasteiger partial charge in [-0.05, 0) is 6.92 Å². The Kier molecular flexibility index (Phi) is 1.50. The summed E-state index contributed by atoms with van der Waals surface area (Å²) in [5.41, 5.74) is 5.36. The van der Waals surface area contributed by atoms with Gasteiger partial charge in [-0.2, -0.15) is 0 Å². The Labute approximate surface area is 58.6 Å². The lowest BCUT2D eigenvalue weighted by molar-refractivity contribution is -0.119. The van der Waals surface area contributed by atoms with Crippen LogP contribution in [0.15, 0.2) is 11.9 Å². The third-order valence-corrected chi connectivity index (χ3v) is 1.35. The highest BCUT2D eigenvalue weighted by atomic mass is 16.1. The predicted molar refractivity (Wildman–Crippen MR) is 35.9 cm³/mol. The summed E-state index contributed by atoms with van der Waals surface area (Å²) in [6, 6.07) is 0. The van der Waals surface area contributed by atoms with Crippen LogP contribution < -0.4 is 16.9 Å². The van der Waals surface area contributed by atoms with Crippen LogP contribution in [0.4, 0.5) is 0 Å². The first-order chi connectivity index (χ1) is 4.61. The zero-order chi connectivity index (χ0) is 7.72. The van der Waals surface area contributed by atoms with Crippen LogP contribution in [0.25, 0.3) is 0 Å². The van der Waals surface area contributed by atoms with Crippen molar-refractivity contribution in [3.63, 3.8) is 0 Å². The van der Waals surface area contributed by atoms with Crippen molar-refractivity contribution in [3.8, 4) is 0 Å². The minimum Gasteiger partial charge on any atom is -0.384 e. The molecule has 0 aromatic heterocycles. The van der Waals surface area contributed by atoms with E-state index >= 15 is 0 Å². The van der Waals surface area contributed by atoms with Gasteiger partial charge in [0.15, 0.2) is 0 Å². The molecule has 0 saturated heterocycles. The monoisotopic (exact) mass is 142 g/mol. The smallest absolute Gasteiger partial charge is 0.249 e. The van der Waals surface area contributed by atoms with Gasteiger partial charge in [0, 0.05) is 6.08 Å². The molecule has 0 aromatic carbocycles. The molecule has 1 rings (SSSR count). The number of nitrogens with one attached hydrogen (secondary N) is 1. The Hall–Kier alpha value is -1.23. The van der Waals surface area contributed by atoms with Gasteiger partial charge < -0.3 is 11.1 Å². The van der Waals surface area contributed by atoms with Crippen molar-refractivity contribution in [3.05, 3.63) is 11.9 Å². The minimum atomic E-state index is -0.225. The van der Waals surface area contributed by atoms with Gasteiger partial charge in [-0.15, -0.1) is 0 Å². The van der Waals surface area contributed by atoms with Crippen LogP contribution in [0.2, 0.25) is 0 Å². The van der Waals surface area contributed by atoms with Gasteiger partial charge in [-0.3, -0.25) is 9.80 Å². The maximum atomic E-state index is 10.7. The summed E-state index contributed by atoms with van der Waals surface area (Å²) in [6.07, 6.45) is 1.03. The second kappa shape index (κ2) is 2.18. The number of hydrogen-bond acceptors (Lipinski definition) is 4. The number of carbonyl (C=O) groups is 1. The molecule has 56 valence electrons. The van der Waals surface area contributed by atoms with E-state index in [-0.39, 0.29) is 17.9 Å². The molecule has 0 saturated carbocycles. The minimum absolute atomic E-state index is 0.202. The Morgan fingerprint density at radius 1 is 1.80 bits per heavy atom. The Morgan fingerprint density at radius 3 is 2.90 bits per heavy atom. The highest BCUT2D eigenvalue weighted by molar-refractivity contribution is 5.88. The van der Waals surface area contributed by atoms with Gasteiger partial charge in [0.25, 0.3) is 0 Å². The molecule has 0 radical (unpaired) electrons. The van der Waals surface area contributed by atoms with E-state index in [1.165, 1.54) is 11.1 Å². The normalized spacial score (nSPS) is 25.8. The van der Waals surface area contributed by atoms with Gasteiger partial charge in [0.2, 0.25) is 5.91 Å². The molecule has 0 bridgehead atoms. The van der Waals surface area contributed by atoms with E-state index in [9.17, 15) is 4.79 Å². The van der Waals surface area contributed by atoms with Crippen molar-refractivity contribution in [1.29, 1.82) is 0 Å². The lowest BCUT2D eigenvalue weighted by atomic mass is 10.3. The summed E-state index contributed by atoms with van der Waals surface area (Å²) in [7, 11) is 0. The Morgan fingerprint density at radius 2 is 2.40 bits per heavy atom. The maximum Gasteiger partial charge on any atom is 0.249 e. The molecule has 5 N–H and O–H groups in total. The molecule has 1 heterocycles. The molecule has 0 aromatic rings. The molecule has 1 aliphatic heterocycles. The lowest BCUT2D eigenvalue weighted by Gasteiger charge is -2.29. The first kappa shape index (κ1) is 6.88. The number of rotatable bonds is 0. The zero-order valence-electron chi connectivity index (χ0n) is 5.66. The molecule has 0 aliphatic carbocycles. The third kappa shape index (κ3) is 1.03. The molecule has 5 nitrogen and oxygen atoms in total. The number of nitrogens with two attached hydrogens (primary N) is 2. The second-order valence-corrected chi connectivity index (χ2v) is 2.16. The average molecular weight is 142 g/mol. The maximum absolute atomic E-state index is 10.7. The molecular formula is C5H10N4O. The van der Waals surface area contributed by atoms with Crippen molar-refractivity contribution in [1.82, 2.24) is 10.3 Å². The SMILES string of the molecule is CC1NC(=O)C=C(N)N1N. The topological polar surface area (TPSA) is 84.4 Å². The van der Waals surface area contributed by atoms with E-state index in [0.717, 1.165) is 0 Å². The van der Waals surface area contributed by atoms with Crippen LogP contribution in [-0.4, -0.2) is 17.1 Å². The molecule has 5 heteroatoms. The molecule has 0 spiro atoms. The summed E-state index contributed by atoms with van der Waals surface area (Å²) in [5.74, 6) is 5.50. The number of hydrazine groups is 1. The van der Waals surface area contributed by atoms with Crippen molar-refractivity contribution in [2.24, 2.45) is 11.6 Å². The summed E-state index contributed by atoms with van der Waals surface area (Å²) in [5, 5.41) is 3.86. The second-order valence-electron chi connectivity index (χ2n) is 2.16. The molecular weight excluding hydrogens is 132 g/mol. The number of nitrogens with zero attached hydrogens (tertiary/aromatic N) is 1. The van der Waals surface area contributed by atoms with E-state index in [0.29, 0.717) is 0 Å². The van der Waals surface area contributed by atoms with Gasteiger partial charge in [-0.25, -0.2) is 5.84 Å². The average Bonchev–Trinajstić information content (AvgIpc) is 1.82. The van der Waals surface area contributed by atoms with Crippen LogP contribution in [0.5, 0.6) is 0 Å². The Bertz CT molecular complexity index is 188.